The number of ether oxygens (including phenoxy) is 2. The summed E-state index contributed by atoms with van der Waals surface area (Å²) in [6, 6.07) is 14.1. The zero-order valence-electron chi connectivity index (χ0n) is 15.7. The second-order valence-electron chi connectivity index (χ2n) is 6.28. The third-order valence-corrected chi connectivity index (χ3v) is 4.61. The van der Waals surface area contributed by atoms with Gasteiger partial charge in [0.1, 0.15) is 0 Å². The number of rotatable bonds is 7. The van der Waals surface area contributed by atoms with E-state index in [9.17, 15) is 4.79 Å². The molecule has 0 saturated carbocycles. The monoisotopic (exact) mass is 341 g/mol. The molecule has 0 heterocycles. The molecule has 134 valence electrons. The number of methoxy groups -OCH3 is 2. The summed E-state index contributed by atoms with van der Waals surface area (Å²) in [6.07, 6.45) is 1.13. The van der Waals surface area contributed by atoms with Crippen LogP contribution in [0, 0.1) is 6.92 Å². The van der Waals surface area contributed by atoms with E-state index >= 15 is 0 Å². The molecule has 1 atom stereocenters. The normalized spacial score (nSPS) is 11.7. The van der Waals surface area contributed by atoms with Crippen molar-refractivity contribution >= 4 is 5.91 Å². The third-order valence-electron chi connectivity index (χ3n) is 4.61. The van der Waals surface area contributed by atoms with Crippen molar-refractivity contribution in [2.24, 2.45) is 0 Å². The van der Waals surface area contributed by atoms with Gasteiger partial charge in [-0.15, -0.1) is 0 Å². The Morgan fingerprint density at radius 3 is 2.28 bits per heavy atom. The highest BCUT2D eigenvalue weighted by atomic mass is 16.5. The summed E-state index contributed by atoms with van der Waals surface area (Å²) < 4.78 is 10.6. The van der Waals surface area contributed by atoms with Gasteiger partial charge in [0.15, 0.2) is 11.5 Å². The average Bonchev–Trinajstić information content (AvgIpc) is 2.65. The third kappa shape index (κ3) is 4.75. The molecular formula is C21H27NO3. The lowest BCUT2D eigenvalue weighted by atomic mass is 10.0. The Morgan fingerprint density at radius 2 is 1.68 bits per heavy atom. The van der Waals surface area contributed by atoms with Gasteiger partial charge in [-0.05, 0) is 43.5 Å². The van der Waals surface area contributed by atoms with E-state index < -0.39 is 0 Å². The molecule has 2 aromatic carbocycles. The van der Waals surface area contributed by atoms with Crippen LogP contribution in [0.15, 0.2) is 42.5 Å². The first-order valence-corrected chi connectivity index (χ1v) is 8.49. The summed E-state index contributed by atoms with van der Waals surface area (Å²) >= 11 is 0. The summed E-state index contributed by atoms with van der Waals surface area (Å²) in [4.78, 5) is 14.4. The SMILES string of the molecule is COc1ccc(CCC(=O)N(C)C(C)c2ccc(C)cc2)cc1OC. The minimum atomic E-state index is 0.0542. The molecule has 0 aromatic heterocycles. The predicted molar refractivity (Wildman–Crippen MR) is 100 cm³/mol. The zero-order valence-corrected chi connectivity index (χ0v) is 15.7. The lowest BCUT2D eigenvalue weighted by Gasteiger charge is -2.25. The molecular weight excluding hydrogens is 314 g/mol. The molecule has 0 fully saturated rings. The minimum absolute atomic E-state index is 0.0542. The van der Waals surface area contributed by atoms with Gasteiger partial charge < -0.3 is 14.4 Å². The number of hydrogen-bond donors (Lipinski definition) is 0. The number of hydrogen-bond acceptors (Lipinski definition) is 3. The Labute approximate surface area is 150 Å². The van der Waals surface area contributed by atoms with Gasteiger partial charge in [0, 0.05) is 13.5 Å². The Morgan fingerprint density at radius 1 is 1.04 bits per heavy atom. The lowest BCUT2D eigenvalue weighted by molar-refractivity contribution is -0.131. The number of nitrogens with zero attached hydrogens (tertiary/aromatic N) is 1. The molecule has 4 heteroatoms. The highest BCUT2D eigenvalue weighted by Gasteiger charge is 2.17. The molecule has 1 amide bonds. The number of carbonyl (C=O) groups excluding carboxylic acids is 1. The topological polar surface area (TPSA) is 38.8 Å². The highest BCUT2D eigenvalue weighted by Crippen LogP contribution is 2.28. The van der Waals surface area contributed by atoms with E-state index in [4.69, 9.17) is 9.47 Å². The summed E-state index contributed by atoms with van der Waals surface area (Å²) in [7, 11) is 5.09. The fourth-order valence-corrected chi connectivity index (χ4v) is 2.75. The van der Waals surface area contributed by atoms with Crippen LogP contribution in [-0.4, -0.2) is 32.1 Å². The first-order chi connectivity index (χ1) is 12.0. The van der Waals surface area contributed by atoms with Crippen LogP contribution in [-0.2, 0) is 11.2 Å². The number of amides is 1. The van der Waals surface area contributed by atoms with Gasteiger partial charge in [-0.25, -0.2) is 0 Å². The minimum Gasteiger partial charge on any atom is -0.493 e. The van der Waals surface area contributed by atoms with Crippen molar-refractivity contribution < 1.29 is 14.3 Å². The van der Waals surface area contributed by atoms with Gasteiger partial charge in [0.05, 0.1) is 20.3 Å². The van der Waals surface area contributed by atoms with Crippen molar-refractivity contribution in [2.45, 2.75) is 32.7 Å². The van der Waals surface area contributed by atoms with E-state index in [-0.39, 0.29) is 11.9 Å². The zero-order chi connectivity index (χ0) is 18.4. The largest absolute Gasteiger partial charge is 0.493 e. The standard InChI is InChI=1S/C21H27NO3/c1-15-6-10-18(11-7-15)16(2)22(3)21(23)13-9-17-8-12-19(24-4)20(14-17)25-5/h6-8,10-12,14,16H,9,13H2,1-5H3. The van der Waals surface area contributed by atoms with Crippen LogP contribution >= 0.6 is 0 Å². The molecule has 4 nitrogen and oxygen atoms in total. The Balaban J connectivity index is 1.98. The fraction of sp³-hybridized carbons (Fsp3) is 0.381. The van der Waals surface area contributed by atoms with Crippen molar-refractivity contribution in [3.63, 3.8) is 0 Å². The molecule has 0 radical (unpaired) electrons. The molecule has 0 spiro atoms. The second kappa shape index (κ2) is 8.56. The van der Waals surface area contributed by atoms with Gasteiger partial charge >= 0.3 is 0 Å². The number of benzene rings is 2. The maximum Gasteiger partial charge on any atom is 0.223 e. The van der Waals surface area contributed by atoms with E-state index in [0.29, 0.717) is 24.3 Å². The number of carbonyl (C=O) groups is 1. The first kappa shape index (κ1) is 18.8. The molecule has 1 unspecified atom stereocenters. The average molecular weight is 341 g/mol. The lowest BCUT2D eigenvalue weighted by Crippen LogP contribution is -2.29. The molecule has 0 aliphatic heterocycles. The van der Waals surface area contributed by atoms with E-state index in [2.05, 4.69) is 38.1 Å². The summed E-state index contributed by atoms with van der Waals surface area (Å²) in [5, 5.41) is 0. The van der Waals surface area contributed by atoms with Crippen LogP contribution in [0.3, 0.4) is 0 Å². The Kier molecular flexibility index (Phi) is 6.45. The van der Waals surface area contributed by atoms with Crippen molar-refractivity contribution in [3.05, 3.63) is 59.2 Å². The molecule has 2 rings (SSSR count). The molecule has 25 heavy (non-hydrogen) atoms. The van der Waals surface area contributed by atoms with Crippen molar-refractivity contribution in [2.75, 3.05) is 21.3 Å². The smallest absolute Gasteiger partial charge is 0.223 e. The van der Waals surface area contributed by atoms with Crippen LogP contribution in [0.25, 0.3) is 0 Å². The van der Waals surface area contributed by atoms with E-state index in [1.165, 1.54) is 5.56 Å². The van der Waals surface area contributed by atoms with Crippen molar-refractivity contribution in [1.29, 1.82) is 0 Å². The van der Waals surface area contributed by atoms with Crippen LogP contribution in [0.5, 0.6) is 11.5 Å². The summed E-state index contributed by atoms with van der Waals surface area (Å²) in [6.45, 7) is 4.12. The maximum absolute atomic E-state index is 12.5. The van der Waals surface area contributed by atoms with Gasteiger partial charge in [-0.2, -0.15) is 0 Å². The Bertz CT molecular complexity index is 710. The van der Waals surface area contributed by atoms with Crippen LogP contribution in [0.4, 0.5) is 0 Å². The molecule has 0 aliphatic rings. The van der Waals surface area contributed by atoms with Crippen molar-refractivity contribution in [1.82, 2.24) is 4.90 Å². The molecule has 0 bridgehead atoms. The molecule has 0 aliphatic carbocycles. The second-order valence-corrected chi connectivity index (χ2v) is 6.28. The number of aryl methyl sites for hydroxylation is 2. The van der Waals surface area contributed by atoms with Crippen LogP contribution < -0.4 is 9.47 Å². The van der Waals surface area contributed by atoms with E-state index in [1.54, 1.807) is 14.2 Å². The fourth-order valence-electron chi connectivity index (χ4n) is 2.75. The van der Waals surface area contributed by atoms with E-state index in [1.807, 2.05) is 30.1 Å². The van der Waals surface area contributed by atoms with Gasteiger partial charge in [0.25, 0.3) is 0 Å². The van der Waals surface area contributed by atoms with Gasteiger partial charge in [0.2, 0.25) is 5.91 Å². The van der Waals surface area contributed by atoms with Gasteiger partial charge in [-0.1, -0.05) is 35.9 Å². The van der Waals surface area contributed by atoms with E-state index in [0.717, 1.165) is 11.1 Å². The predicted octanol–water partition coefficient (Wildman–Crippen LogP) is 4.16. The van der Waals surface area contributed by atoms with Crippen LogP contribution in [0.2, 0.25) is 0 Å². The quantitative estimate of drug-likeness (QED) is 0.759. The molecule has 0 saturated heterocycles. The first-order valence-electron chi connectivity index (χ1n) is 8.49. The highest BCUT2D eigenvalue weighted by molar-refractivity contribution is 5.76. The summed E-state index contributed by atoms with van der Waals surface area (Å²) in [5.41, 5.74) is 3.42. The Hall–Kier alpha value is -2.49. The van der Waals surface area contributed by atoms with Crippen LogP contribution in [0.1, 0.15) is 36.1 Å². The molecule has 0 N–H and O–H groups in total. The van der Waals surface area contributed by atoms with Gasteiger partial charge in [-0.3, -0.25) is 4.79 Å². The molecule has 2 aromatic rings. The van der Waals surface area contributed by atoms with Crippen molar-refractivity contribution in [3.8, 4) is 11.5 Å². The summed E-state index contributed by atoms with van der Waals surface area (Å²) in [5.74, 6) is 1.51. The maximum atomic E-state index is 12.5.